The van der Waals surface area contributed by atoms with Gasteiger partial charge in [0.15, 0.2) is 0 Å². The van der Waals surface area contributed by atoms with E-state index >= 15 is 0 Å². The number of hydrogen-bond donors (Lipinski definition) is 2. The van der Waals surface area contributed by atoms with Crippen molar-refractivity contribution in [2.24, 2.45) is 5.92 Å². The lowest BCUT2D eigenvalue weighted by Gasteiger charge is -2.33. The molecule has 28 heavy (non-hydrogen) atoms. The van der Waals surface area contributed by atoms with Gasteiger partial charge in [0.2, 0.25) is 5.91 Å². The predicted octanol–water partition coefficient (Wildman–Crippen LogP) is 3.46. The third kappa shape index (κ3) is 4.50. The maximum Gasteiger partial charge on any atom is 0.254 e. The van der Waals surface area contributed by atoms with Crippen LogP contribution in [-0.4, -0.2) is 40.8 Å². The zero-order chi connectivity index (χ0) is 19.5. The van der Waals surface area contributed by atoms with Gasteiger partial charge in [0, 0.05) is 42.5 Å². The summed E-state index contributed by atoms with van der Waals surface area (Å²) in [5.41, 5.74) is 2.95. The van der Waals surface area contributed by atoms with E-state index in [2.05, 4.69) is 46.8 Å². The van der Waals surface area contributed by atoms with E-state index < -0.39 is 0 Å². The number of carbonyl (C=O) groups is 2. The highest BCUT2D eigenvalue weighted by atomic mass is 16.2. The largest absolute Gasteiger partial charge is 0.382 e. The Morgan fingerprint density at radius 1 is 1.07 bits per heavy atom. The van der Waals surface area contributed by atoms with Crippen LogP contribution in [0.4, 0.5) is 11.5 Å². The van der Waals surface area contributed by atoms with Gasteiger partial charge in [0.25, 0.3) is 5.91 Å². The second-order valence-corrected chi connectivity index (χ2v) is 7.77. The summed E-state index contributed by atoms with van der Waals surface area (Å²) in [4.78, 5) is 30.8. The molecule has 0 bridgehead atoms. The van der Waals surface area contributed by atoms with E-state index in [1.54, 1.807) is 18.3 Å². The molecule has 6 heteroatoms. The standard InChI is InChI=1S/C22H26N4O2/c1-15-3-2-4-19(13-15)24-18-8-11-26(12-9-18)22(28)17-7-10-23-20(14-17)25-21(27)16-5-6-16/h2-4,7,10,13-14,16,18,24H,5-6,8-9,11-12H2,1H3,(H,23,25,27). The van der Waals surface area contributed by atoms with Crippen molar-refractivity contribution < 1.29 is 9.59 Å². The summed E-state index contributed by atoms with van der Waals surface area (Å²) in [5, 5.41) is 6.38. The molecule has 1 saturated carbocycles. The Hall–Kier alpha value is -2.89. The maximum absolute atomic E-state index is 12.9. The number of anilines is 2. The zero-order valence-corrected chi connectivity index (χ0v) is 16.1. The maximum atomic E-state index is 12.9. The number of rotatable bonds is 5. The number of carbonyl (C=O) groups excluding carboxylic acids is 2. The number of hydrogen-bond acceptors (Lipinski definition) is 4. The molecule has 0 spiro atoms. The molecule has 2 fully saturated rings. The number of likely N-dealkylation sites (tertiary alicyclic amines) is 1. The summed E-state index contributed by atoms with van der Waals surface area (Å²) in [7, 11) is 0. The number of pyridine rings is 1. The van der Waals surface area contributed by atoms with Gasteiger partial charge in [0.1, 0.15) is 5.82 Å². The van der Waals surface area contributed by atoms with Crippen molar-refractivity contribution in [3.63, 3.8) is 0 Å². The minimum Gasteiger partial charge on any atom is -0.382 e. The lowest BCUT2D eigenvalue weighted by Crippen LogP contribution is -2.42. The van der Waals surface area contributed by atoms with Crippen LogP contribution in [0.2, 0.25) is 0 Å². The van der Waals surface area contributed by atoms with Gasteiger partial charge in [-0.3, -0.25) is 9.59 Å². The normalized spacial score (nSPS) is 17.2. The molecule has 1 aliphatic heterocycles. The van der Waals surface area contributed by atoms with Crippen molar-refractivity contribution >= 4 is 23.3 Å². The van der Waals surface area contributed by atoms with E-state index in [0.717, 1.165) is 31.4 Å². The minimum atomic E-state index is -0.00155. The molecule has 0 atom stereocenters. The zero-order valence-electron chi connectivity index (χ0n) is 16.1. The van der Waals surface area contributed by atoms with Crippen LogP contribution in [0.15, 0.2) is 42.6 Å². The Morgan fingerprint density at radius 3 is 2.57 bits per heavy atom. The number of benzene rings is 1. The summed E-state index contributed by atoms with van der Waals surface area (Å²) in [6, 6.07) is 12.1. The molecular formula is C22H26N4O2. The molecule has 6 nitrogen and oxygen atoms in total. The Labute approximate surface area is 165 Å². The molecule has 2 heterocycles. The molecule has 0 unspecified atom stereocenters. The molecule has 2 amide bonds. The average Bonchev–Trinajstić information content (AvgIpc) is 3.54. The molecule has 1 aromatic carbocycles. The van der Waals surface area contributed by atoms with Crippen LogP contribution in [0.25, 0.3) is 0 Å². The molecule has 2 aromatic rings. The molecule has 1 aromatic heterocycles. The Balaban J connectivity index is 1.33. The number of aromatic nitrogens is 1. The van der Waals surface area contributed by atoms with Gasteiger partial charge >= 0.3 is 0 Å². The second kappa shape index (κ2) is 8.00. The van der Waals surface area contributed by atoms with Gasteiger partial charge in [-0.1, -0.05) is 12.1 Å². The van der Waals surface area contributed by atoms with Gasteiger partial charge in [-0.05, 0) is 62.4 Å². The van der Waals surface area contributed by atoms with Crippen LogP contribution in [0.3, 0.4) is 0 Å². The molecule has 1 saturated heterocycles. The first-order chi connectivity index (χ1) is 13.6. The highest BCUT2D eigenvalue weighted by Crippen LogP contribution is 2.30. The van der Waals surface area contributed by atoms with E-state index in [1.807, 2.05) is 4.90 Å². The van der Waals surface area contributed by atoms with E-state index in [-0.39, 0.29) is 17.7 Å². The van der Waals surface area contributed by atoms with Crippen molar-refractivity contribution in [1.29, 1.82) is 0 Å². The third-order valence-corrected chi connectivity index (χ3v) is 5.38. The average molecular weight is 378 g/mol. The quantitative estimate of drug-likeness (QED) is 0.836. The first kappa shape index (κ1) is 18.5. The summed E-state index contributed by atoms with van der Waals surface area (Å²) in [5.74, 6) is 0.568. The van der Waals surface area contributed by atoms with E-state index in [1.165, 1.54) is 5.56 Å². The molecule has 2 N–H and O–H groups in total. The predicted molar refractivity (Wildman–Crippen MR) is 109 cm³/mol. The number of nitrogens with zero attached hydrogens (tertiary/aromatic N) is 2. The Kier molecular flexibility index (Phi) is 5.28. The van der Waals surface area contributed by atoms with Crippen molar-refractivity contribution in [2.45, 2.75) is 38.6 Å². The fourth-order valence-corrected chi connectivity index (χ4v) is 3.59. The fraction of sp³-hybridized carbons (Fsp3) is 0.409. The minimum absolute atomic E-state index is 0.000126. The highest BCUT2D eigenvalue weighted by Gasteiger charge is 2.30. The van der Waals surface area contributed by atoms with Crippen molar-refractivity contribution in [1.82, 2.24) is 9.88 Å². The molecule has 0 radical (unpaired) electrons. The first-order valence-corrected chi connectivity index (χ1v) is 9.98. The number of amides is 2. The Bertz CT molecular complexity index is 870. The van der Waals surface area contributed by atoms with Gasteiger partial charge in [-0.2, -0.15) is 0 Å². The van der Waals surface area contributed by atoms with Gasteiger partial charge in [-0.25, -0.2) is 4.98 Å². The molecular weight excluding hydrogens is 352 g/mol. The van der Waals surface area contributed by atoms with Crippen molar-refractivity contribution in [3.8, 4) is 0 Å². The van der Waals surface area contributed by atoms with E-state index in [0.29, 0.717) is 30.5 Å². The number of piperidine rings is 1. The topological polar surface area (TPSA) is 74.3 Å². The molecule has 146 valence electrons. The number of aryl methyl sites for hydroxylation is 1. The molecule has 2 aliphatic rings. The first-order valence-electron chi connectivity index (χ1n) is 9.98. The Morgan fingerprint density at radius 2 is 1.86 bits per heavy atom. The highest BCUT2D eigenvalue weighted by molar-refractivity contribution is 5.97. The van der Waals surface area contributed by atoms with E-state index in [9.17, 15) is 9.59 Å². The van der Waals surface area contributed by atoms with E-state index in [4.69, 9.17) is 0 Å². The summed E-state index contributed by atoms with van der Waals surface area (Å²) in [6.45, 7) is 3.52. The van der Waals surface area contributed by atoms with Crippen LogP contribution in [0.5, 0.6) is 0 Å². The van der Waals surface area contributed by atoms with Crippen molar-refractivity contribution in [2.75, 3.05) is 23.7 Å². The van der Waals surface area contributed by atoms with Crippen LogP contribution >= 0.6 is 0 Å². The second-order valence-electron chi connectivity index (χ2n) is 7.77. The van der Waals surface area contributed by atoms with Crippen molar-refractivity contribution in [3.05, 3.63) is 53.7 Å². The number of nitrogens with one attached hydrogen (secondary N) is 2. The summed E-state index contributed by atoms with van der Waals surface area (Å²) in [6.07, 6.45) is 5.29. The van der Waals surface area contributed by atoms with Gasteiger partial charge in [0.05, 0.1) is 0 Å². The van der Waals surface area contributed by atoms with Crippen LogP contribution < -0.4 is 10.6 Å². The van der Waals surface area contributed by atoms with Gasteiger partial charge < -0.3 is 15.5 Å². The lowest BCUT2D eigenvalue weighted by atomic mass is 10.0. The fourth-order valence-electron chi connectivity index (χ4n) is 3.59. The molecule has 1 aliphatic carbocycles. The summed E-state index contributed by atoms with van der Waals surface area (Å²) >= 11 is 0. The monoisotopic (exact) mass is 378 g/mol. The smallest absolute Gasteiger partial charge is 0.254 e. The molecule has 4 rings (SSSR count). The van der Waals surface area contributed by atoms with Gasteiger partial charge in [-0.15, -0.1) is 0 Å². The van der Waals surface area contributed by atoms with Crippen LogP contribution in [0.1, 0.15) is 41.6 Å². The third-order valence-electron chi connectivity index (χ3n) is 5.38. The lowest BCUT2D eigenvalue weighted by molar-refractivity contribution is -0.117. The van der Waals surface area contributed by atoms with Crippen LogP contribution in [0, 0.1) is 12.8 Å². The SMILES string of the molecule is Cc1cccc(NC2CCN(C(=O)c3ccnc(NC(=O)C4CC4)c3)CC2)c1. The van der Waals surface area contributed by atoms with Crippen LogP contribution in [-0.2, 0) is 4.79 Å². The summed E-state index contributed by atoms with van der Waals surface area (Å²) < 4.78 is 0.